The molecule has 9 nitrogen and oxygen atoms in total. The van der Waals surface area contributed by atoms with Gasteiger partial charge in [0.1, 0.15) is 5.75 Å². The highest BCUT2D eigenvalue weighted by Crippen LogP contribution is 2.33. The Morgan fingerprint density at radius 3 is 2.43 bits per heavy atom. The number of carbonyl (C=O) groups is 1. The number of nitrogens with zero attached hydrogens (tertiary/aromatic N) is 4. The van der Waals surface area contributed by atoms with Crippen molar-refractivity contribution >= 4 is 15.9 Å². The van der Waals surface area contributed by atoms with Gasteiger partial charge in [-0.15, -0.1) is 0 Å². The molecule has 0 unspecified atom stereocenters. The molecule has 2 aromatic rings. The SMILES string of the molecule is CCOc1ccc(S(=O)(=O)N2CC(c3nc(C4CCN(C(C)=O)CC4)no3)C2)cc1. The van der Waals surface area contributed by atoms with Crippen LogP contribution in [0, 0.1) is 0 Å². The van der Waals surface area contributed by atoms with Gasteiger partial charge in [0.2, 0.25) is 21.8 Å². The maximum absolute atomic E-state index is 12.8. The molecule has 1 aromatic carbocycles. The smallest absolute Gasteiger partial charge is 0.243 e. The van der Waals surface area contributed by atoms with Crippen molar-refractivity contribution in [3.8, 4) is 5.75 Å². The Hall–Kier alpha value is -2.46. The minimum Gasteiger partial charge on any atom is -0.494 e. The average molecular weight is 435 g/mol. The van der Waals surface area contributed by atoms with E-state index in [-0.39, 0.29) is 22.6 Å². The highest BCUT2D eigenvalue weighted by Gasteiger charge is 2.40. The van der Waals surface area contributed by atoms with E-state index in [4.69, 9.17) is 9.26 Å². The molecule has 4 rings (SSSR count). The molecule has 2 aliphatic heterocycles. The molecule has 0 N–H and O–H groups in total. The van der Waals surface area contributed by atoms with Gasteiger partial charge in [0, 0.05) is 39.0 Å². The molecule has 0 saturated carbocycles. The van der Waals surface area contributed by atoms with Crippen LogP contribution < -0.4 is 4.74 Å². The lowest BCUT2D eigenvalue weighted by Gasteiger charge is -2.35. The second-order valence-electron chi connectivity index (χ2n) is 7.69. The van der Waals surface area contributed by atoms with Crippen LogP contribution in [0.15, 0.2) is 33.7 Å². The van der Waals surface area contributed by atoms with Gasteiger partial charge < -0.3 is 14.2 Å². The number of hydrogen-bond donors (Lipinski definition) is 0. The first-order valence-corrected chi connectivity index (χ1v) is 11.6. The number of benzene rings is 1. The van der Waals surface area contributed by atoms with E-state index < -0.39 is 10.0 Å². The number of hydrogen-bond acceptors (Lipinski definition) is 7. The van der Waals surface area contributed by atoms with Crippen molar-refractivity contribution < 1.29 is 22.5 Å². The van der Waals surface area contributed by atoms with E-state index in [1.807, 2.05) is 11.8 Å². The van der Waals surface area contributed by atoms with Crippen LogP contribution in [0.4, 0.5) is 0 Å². The molecule has 3 heterocycles. The first kappa shape index (κ1) is 20.8. The largest absolute Gasteiger partial charge is 0.494 e. The second kappa shape index (κ2) is 8.35. The zero-order chi connectivity index (χ0) is 21.3. The lowest BCUT2D eigenvalue weighted by Crippen LogP contribution is -2.48. The normalized spacial score (nSPS) is 18.9. The maximum atomic E-state index is 12.8. The molecule has 0 radical (unpaired) electrons. The van der Waals surface area contributed by atoms with Crippen molar-refractivity contribution in [3.05, 3.63) is 36.0 Å². The summed E-state index contributed by atoms with van der Waals surface area (Å²) in [6.45, 7) is 6.02. The number of amides is 1. The predicted molar refractivity (Wildman–Crippen MR) is 108 cm³/mol. The molecule has 1 aromatic heterocycles. The maximum Gasteiger partial charge on any atom is 0.243 e. The Morgan fingerprint density at radius 2 is 1.83 bits per heavy atom. The van der Waals surface area contributed by atoms with E-state index in [1.54, 1.807) is 31.2 Å². The summed E-state index contributed by atoms with van der Waals surface area (Å²) in [5.41, 5.74) is 0. The first-order valence-electron chi connectivity index (χ1n) is 10.2. The highest BCUT2D eigenvalue weighted by molar-refractivity contribution is 7.89. The lowest BCUT2D eigenvalue weighted by molar-refractivity contribution is -0.129. The van der Waals surface area contributed by atoms with Gasteiger partial charge >= 0.3 is 0 Å². The summed E-state index contributed by atoms with van der Waals surface area (Å²) in [5.74, 6) is 1.94. The van der Waals surface area contributed by atoms with Crippen molar-refractivity contribution in [2.45, 2.75) is 43.4 Å². The van der Waals surface area contributed by atoms with E-state index in [1.165, 1.54) is 4.31 Å². The lowest BCUT2D eigenvalue weighted by atomic mass is 9.96. The Morgan fingerprint density at radius 1 is 1.17 bits per heavy atom. The van der Waals surface area contributed by atoms with E-state index >= 15 is 0 Å². The predicted octanol–water partition coefficient (Wildman–Crippen LogP) is 1.98. The number of aromatic nitrogens is 2. The van der Waals surface area contributed by atoms with E-state index in [0.717, 1.165) is 12.8 Å². The van der Waals surface area contributed by atoms with Crippen LogP contribution in [0.5, 0.6) is 5.75 Å². The monoisotopic (exact) mass is 434 g/mol. The molecular weight excluding hydrogens is 408 g/mol. The van der Waals surface area contributed by atoms with Gasteiger partial charge in [0.05, 0.1) is 17.4 Å². The summed E-state index contributed by atoms with van der Waals surface area (Å²) < 4.78 is 37.8. The molecule has 2 fully saturated rings. The summed E-state index contributed by atoms with van der Waals surface area (Å²) in [4.78, 5) is 18.1. The van der Waals surface area contributed by atoms with Crippen molar-refractivity contribution in [2.75, 3.05) is 32.8 Å². The van der Waals surface area contributed by atoms with Crippen LogP contribution in [0.3, 0.4) is 0 Å². The summed E-state index contributed by atoms with van der Waals surface area (Å²) in [6, 6.07) is 6.45. The van der Waals surface area contributed by atoms with E-state index in [9.17, 15) is 13.2 Å². The molecule has 2 aliphatic rings. The number of carbonyl (C=O) groups excluding carboxylic acids is 1. The zero-order valence-corrected chi connectivity index (χ0v) is 18.0. The highest BCUT2D eigenvalue weighted by atomic mass is 32.2. The van der Waals surface area contributed by atoms with Gasteiger partial charge in [-0.2, -0.15) is 9.29 Å². The van der Waals surface area contributed by atoms with Gasteiger partial charge in [0.25, 0.3) is 0 Å². The molecular formula is C20H26N4O5S. The summed E-state index contributed by atoms with van der Waals surface area (Å²) >= 11 is 0. The Balaban J connectivity index is 1.35. The van der Waals surface area contributed by atoms with Crippen LogP contribution >= 0.6 is 0 Å². The van der Waals surface area contributed by atoms with Gasteiger partial charge in [-0.05, 0) is 44.0 Å². The first-order chi connectivity index (χ1) is 14.4. The molecule has 1 amide bonds. The molecule has 30 heavy (non-hydrogen) atoms. The topological polar surface area (TPSA) is 106 Å². The zero-order valence-electron chi connectivity index (χ0n) is 17.2. The third-order valence-electron chi connectivity index (χ3n) is 5.73. The van der Waals surface area contributed by atoms with Crippen LogP contribution in [-0.2, 0) is 14.8 Å². The number of piperidine rings is 1. The fourth-order valence-electron chi connectivity index (χ4n) is 3.85. The number of sulfonamides is 1. The fourth-order valence-corrected chi connectivity index (χ4v) is 5.38. The number of likely N-dealkylation sites (tertiary alicyclic amines) is 1. The Labute approximate surface area is 176 Å². The van der Waals surface area contributed by atoms with E-state index in [0.29, 0.717) is 50.3 Å². The standard InChI is InChI=1S/C20H26N4O5S/c1-3-28-17-4-6-18(7-5-17)30(26,27)24-12-16(13-24)20-21-19(22-29-20)15-8-10-23(11-9-15)14(2)25/h4-7,15-16H,3,8-13H2,1-2H3. The third-order valence-corrected chi connectivity index (χ3v) is 7.58. The van der Waals surface area contributed by atoms with Gasteiger partial charge in [-0.25, -0.2) is 8.42 Å². The summed E-state index contributed by atoms with van der Waals surface area (Å²) in [6.07, 6.45) is 1.61. The van der Waals surface area contributed by atoms with Crippen molar-refractivity contribution in [2.24, 2.45) is 0 Å². The molecule has 162 valence electrons. The quantitative estimate of drug-likeness (QED) is 0.684. The van der Waals surface area contributed by atoms with Gasteiger partial charge in [-0.3, -0.25) is 4.79 Å². The molecule has 10 heteroatoms. The van der Waals surface area contributed by atoms with Crippen molar-refractivity contribution in [1.82, 2.24) is 19.3 Å². The molecule has 0 spiro atoms. The Bertz CT molecular complexity index is 990. The van der Waals surface area contributed by atoms with Crippen molar-refractivity contribution in [3.63, 3.8) is 0 Å². The van der Waals surface area contributed by atoms with Crippen LogP contribution in [-0.4, -0.2) is 66.5 Å². The minimum atomic E-state index is -3.55. The van der Waals surface area contributed by atoms with Crippen LogP contribution in [0.25, 0.3) is 0 Å². The average Bonchev–Trinajstić information content (AvgIpc) is 3.17. The van der Waals surface area contributed by atoms with Gasteiger partial charge in [-0.1, -0.05) is 5.16 Å². The number of rotatable bonds is 6. The van der Waals surface area contributed by atoms with Gasteiger partial charge in [0.15, 0.2) is 5.82 Å². The minimum absolute atomic E-state index is 0.0885. The van der Waals surface area contributed by atoms with Crippen molar-refractivity contribution in [1.29, 1.82) is 0 Å². The van der Waals surface area contributed by atoms with E-state index in [2.05, 4.69) is 10.1 Å². The Kier molecular flexibility index (Phi) is 5.79. The third kappa shape index (κ3) is 4.06. The summed E-state index contributed by atoms with van der Waals surface area (Å²) in [7, 11) is -3.55. The number of ether oxygens (including phenoxy) is 1. The van der Waals surface area contributed by atoms with Crippen LogP contribution in [0.2, 0.25) is 0 Å². The van der Waals surface area contributed by atoms with Crippen LogP contribution in [0.1, 0.15) is 50.2 Å². The fraction of sp³-hybridized carbons (Fsp3) is 0.550. The second-order valence-corrected chi connectivity index (χ2v) is 9.63. The molecule has 0 aliphatic carbocycles. The molecule has 2 saturated heterocycles. The molecule has 0 bridgehead atoms. The molecule has 0 atom stereocenters. The summed E-state index contributed by atoms with van der Waals surface area (Å²) in [5, 5.41) is 4.11.